The predicted molar refractivity (Wildman–Crippen MR) is 95.2 cm³/mol. The lowest BCUT2D eigenvalue weighted by Gasteiger charge is -2.31. The van der Waals surface area contributed by atoms with Crippen LogP contribution in [-0.2, 0) is 4.79 Å². The second-order valence-corrected chi connectivity index (χ2v) is 6.81. The molecule has 2 N–H and O–H groups in total. The highest BCUT2D eigenvalue weighted by molar-refractivity contribution is 7.13. The third-order valence-electron chi connectivity index (χ3n) is 4.01. The number of aromatic nitrogens is 1. The van der Waals surface area contributed by atoms with Gasteiger partial charge < -0.3 is 15.5 Å². The van der Waals surface area contributed by atoms with E-state index in [9.17, 15) is 9.59 Å². The van der Waals surface area contributed by atoms with Crippen molar-refractivity contribution in [1.82, 2.24) is 9.88 Å². The van der Waals surface area contributed by atoms with Crippen LogP contribution in [0, 0.1) is 12.8 Å². The monoisotopic (exact) mass is 344 g/mol. The van der Waals surface area contributed by atoms with E-state index in [1.165, 1.54) is 11.3 Å². The highest BCUT2D eigenvalue weighted by Crippen LogP contribution is 2.21. The van der Waals surface area contributed by atoms with Gasteiger partial charge in [0.15, 0.2) is 5.13 Å². The fraction of sp³-hybridized carbons (Fsp3) is 0.353. The lowest BCUT2D eigenvalue weighted by Crippen LogP contribution is -2.45. The number of aryl methyl sites for hydroxylation is 1. The van der Waals surface area contributed by atoms with Crippen molar-refractivity contribution in [2.45, 2.75) is 19.8 Å². The maximum atomic E-state index is 12.4. The van der Waals surface area contributed by atoms with Crippen molar-refractivity contribution in [2.75, 3.05) is 23.7 Å². The average molecular weight is 344 g/mol. The third kappa shape index (κ3) is 4.11. The fourth-order valence-corrected chi connectivity index (χ4v) is 3.33. The molecular weight excluding hydrogens is 324 g/mol. The SMILES string of the molecule is Cc1cccc(NC(=O)N2CCCC(C(=O)Nc3nccs3)C2)c1. The van der Waals surface area contributed by atoms with Crippen LogP contribution in [0.15, 0.2) is 35.8 Å². The van der Waals surface area contributed by atoms with Gasteiger partial charge in [-0.3, -0.25) is 4.79 Å². The van der Waals surface area contributed by atoms with Crippen LogP contribution in [0.3, 0.4) is 0 Å². The molecule has 6 nitrogen and oxygen atoms in total. The number of carbonyl (C=O) groups is 2. The van der Waals surface area contributed by atoms with Gasteiger partial charge in [-0.25, -0.2) is 9.78 Å². The molecule has 1 saturated heterocycles. The molecule has 24 heavy (non-hydrogen) atoms. The summed E-state index contributed by atoms with van der Waals surface area (Å²) in [7, 11) is 0. The van der Waals surface area contributed by atoms with Crippen LogP contribution < -0.4 is 10.6 Å². The number of nitrogens with one attached hydrogen (secondary N) is 2. The van der Waals surface area contributed by atoms with Crippen LogP contribution in [0.25, 0.3) is 0 Å². The van der Waals surface area contributed by atoms with E-state index >= 15 is 0 Å². The molecule has 3 rings (SSSR count). The van der Waals surface area contributed by atoms with Crippen molar-refractivity contribution >= 4 is 34.1 Å². The zero-order valence-corrected chi connectivity index (χ0v) is 14.3. The van der Waals surface area contributed by atoms with Crippen molar-refractivity contribution in [1.29, 1.82) is 0 Å². The van der Waals surface area contributed by atoms with Gasteiger partial charge in [-0.2, -0.15) is 0 Å². The molecule has 2 heterocycles. The van der Waals surface area contributed by atoms with E-state index in [0.717, 1.165) is 24.1 Å². The molecule has 3 amide bonds. The van der Waals surface area contributed by atoms with Gasteiger partial charge >= 0.3 is 6.03 Å². The summed E-state index contributed by atoms with van der Waals surface area (Å²) in [6, 6.07) is 7.52. The van der Waals surface area contributed by atoms with E-state index in [4.69, 9.17) is 0 Å². The summed E-state index contributed by atoms with van der Waals surface area (Å²) in [5, 5.41) is 8.14. The van der Waals surface area contributed by atoms with Crippen molar-refractivity contribution in [3.63, 3.8) is 0 Å². The van der Waals surface area contributed by atoms with Crippen molar-refractivity contribution in [3.05, 3.63) is 41.4 Å². The molecule has 1 aromatic heterocycles. The molecule has 1 atom stereocenters. The molecule has 0 bridgehead atoms. The molecule has 0 radical (unpaired) electrons. The summed E-state index contributed by atoms with van der Waals surface area (Å²) < 4.78 is 0. The van der Waals surface area contributed by atoms with Crippen LogP contribution >= 0.6 is 11.3 Å². The van der Waals surface area contributed by atoms with Crippen LogP contribution in [-0.4, -0.2) is 34.9 Å². The molecule has 1 unspecified atom stereocenters. The number of benzene rings is 1. The molecule has 0 aliphatic carbocycles. The number of likely N-dealkylation sites (tertiary alicyclic amines) is 1. The van der Waals surface area contributed by atoms with Crippen LogP contribution in [0.5, 0.6) is 0 Å². The van der Waals surface area contributed by atoms with E-state index in [-0.39, 0.29) is 17.9 Å². The molecule has 0 spiro atoms. The molecule has 1 aliphatic heterocycles. The van der Waals surface area contributed by atoms with Crippen molar-refractivity contribution in [2.24, 2.45) is 5.92 Å². The van der Waals surface area contributed by atoms with Crippen LogP contribution in [0.4, 0.5) is 15.6 Å². The largest absolute Gasteiger partial charge is 0.324 e. The molecule has 1 aliphatic rings. The standard InChI is InChI=1S/C17H20N4O2S/c1-12-4-2-6-14(10-12)19-17(23)21-8-3-5-13(11-21)15(22)20-16-18-7-9-24-16/h2,4,6-7,9-10,13H,3,5,8,11H2,1H3,(H,19,23)(H,18,20,22). The number of hydrogen-bond acceptors (Lipinski definition) is 4. The number of piperidine rings is 1. The van der Waals surface area contributed by atoms with Gasteiger partial charge in [-0.05, 0) is 37.5 Å². The summed E-state index contributed by atoms with van der Waals surface area (Å²) in [5.74, 6) is -0.274. The second-order valence-electron chi connectivity index (χ2n) is 5.91. The number of thiazole rings is 1. The molecule has 1 aromatic carbocycles. The highest BCUT2D eigenvalue weighted by atomic mass is 32.1. The van der Waals surface area contributed by atoms with Gasteiger partial charge in [0.1, 0.15) is 0 Å². The quantitative estimate of drug-likeness (QED) is 0.897. The molecule has 126 valence electrons. The number of urea groups is 1. The first-order chi connectivity index (χ1) is 11.6. The van der Waals surface area contributed by atoms with E-state index < -0.39 is 0 Å². The fourth-order valence-electron chi connectivity index (χ4n) is 2.79. The number of rotatable bonds is 3. The van der Waals surface area contributed by atoms with Gasteiger partial charge in [0.25, 0.3) is 0 Å². The van der Waals surface area contributed by atoms with Crippen LogP contribution in [0.2, 0.25) is 0 Å². The van der Waals surface area contributed by atoms with E-state index in [1.54, 1.807) is 11.1 Å². The van der Waals surface area contributed by atoms with E-state index in [2.05, 4.69) is 15.6 Å². The lowest BCUT2D eigenvalue weighted by atomic mass is 9.97. The zero-order chi connectivity index (χ0) is 16.9. The minimum Gasteiger partial charge on any atom is -0.324 e. The van der Waals surface area contributed by atoms with E-state index in [0.29, 0.717) is 18.2 Å². The zero-order valence-electron chi connectivity index (χ0n) is 13.5. The Hall–Kier alpha value is -2.41. The Morgan fingerprint density at radius 2 is 2.21 bits per heavy atom. The van der Waals surface area contributed by atoms with Gasteiger partial charge in [-0.15, -0.1) is 11.3 Å². The Balaban J connectivity index is 1.58. The smallest absolute Gasteiger partial charge is 0.321 e. The molecular formula is C17H20N4O2S. The Morgan fingerprint density at radius 1 is 1.33 bits per heavy atom. The molecule has 7 heteroatoms. The first kappa shape index (κ1) is 16.4. The molecule has 0 saturated carbocycles. The predicted octanol–water partition coefficient (Wildman–Crippen LogP) is 3.33. The number of hydrogen-bond donors (Lipinski definition) is 2. The normalized spacial score (nSPS) is 17.4. The molecule has 1 fully saturated rings. The maximum Gasteiger partial charge on any atom is 0.321 e. The number of nitrogens with zero attached hydrogens (tertiary/aromatic N) is 2. The second kappa shape index (κ2) is 7.44. The summed E-state index contributed by atoms with van der Waals surface area (Å²) in [6.45, 7) is 3.07. The highest BCUT2D eigenvalue weighted by Gasteiger charge is 2.28. The summed E-state index contributed by atoms with van der Waals surface area (Å²) >= 11 is 1.39. The minimum absolute atomic E-state index is 0.0713. The first-order valence-corrected chi connectivity index (χ1v) is 8.83. The van der Waals surface area contributed by atoms with Crippen molar-refractivity contribution < 1.29 is 9.59 Å². The van der Waals surface area contributed by atoms with Crippen LogP contribution in [0.1, 0.15) is 18.4 Å². The average Bonchev–Trinajstić information content (AvgIpc) is 3.08. The Labute approximate surface area is 144 Å². The Kier molecular flexibility index (Phi) is 5.10. The summed E-state index contributed by atoms with van der Waals surface area (Å²) in [4.78, 5) is 30.5. The molecule has 2 aromatic rings. The lowest BCUT2D eigenvalue weighted by molar-refractivity contribution is -0.121. The number of amides is 3. The minimum atomic E-state index is -0.203. The number of anilines is 2. The maximum absolute atomic E-state index is 12.4. The van der Waals surface area contributed by atoms with Gasteiger partial charge in [0.2, 0.25) is 5.91 Å². The Morgan fingerprint density at radius 3 is 2.96 bits per heavy atom. The van der Waals surface area contributed by atoms with Gasteiger partial charge in [0.05, 0.1) is 5.92 Å². The summed E-state index contributed by atoms with van der Waals surface area (Å²) in [5.41, 5.74) is 1.86. The van der Waals surface area contributed by atoms with Gasteiger partial charge in [0, 0.05) is 30.4 Å². The third-order valence-corrected chi connectivity index (χ3v) is 4.70. The topological polar surface area (TPSA) is 74.3 Å². The van der Waals surface area contributed by atoms with Crippen molar-refractivity contribution in [3.8, 4) is 0 Å². The number of carbonyl (C=O) groups excluding carboxylic acids is 2. The first-order valence-electron chi connectivity index (χ1n) is 7.95. The Bertz CT molecular complexity index is 717. The van der Waals surface area contributed by atoms with Gasteiger partial charge in [-0.1, -0.05) is 12.1 Å². The summed E-state index contributed by atoms with van der Waals surface area (Å²) in [6.07, 6.45) is 3.26. The van der Waals surface area contributed by atoms with E-state index in [1.807, 2.05) is 36.6 Å².